The molecule has 162 valence electrons. The molecule has 0 atom stereocenters. The van der Waals surface area contributed by atoms with Crippen LogP contribution in [0.15, 0.2) is 9.59 Å². The van der Waals surface area contributed by atoms with Crippen LogP contribution in [-0.4, -0.2) is 68.7 Å². The molecule has 0 aliphatic carbocycles. The van der Waals surface area contributed by atoms with E-state index in [4.69, 9.17) is 0 Å². The largest absolute Gasteiger partial charge is 0.330 e. The third-order valence-corrected chi connectivity index (χ3v) is 7.35. The van der Waals surface area contributed by atoms with Crippen molar-refractivity contribution in [3.8, 4) is 0 Å². The van der Waals surface area contributed by atoms with E-state index in [9.17, 15) is 18.0 Å². The van der Waals surface area contributed by atoms with E-state index in [1.54, 1.807) is 11.5 Å². The molecule has 0 saturated carbocycles. The topological polar surface area (TPSA) is 113 Å². The van der Waals surface area contributed by atoms with Crippen molar-refractivity contribution >= 4 is 21.2 Å². The second-order valence-electron chi connectivity index (χ2n) is 7.28. The summed E-state index contributed by atoms with van der Waals surface area (Å²) in [5.41, 5.74) is 0.000457. The minimum absolute atomic E-state index is 0.108. The first-order valence-electron chi connectivity index (χ1n) is 10.2. The van der Waals surface area contributed by atoms with Gasteiger partial charge in [0.2, 0.25) is 10.0 Å². The summed E-state index contributed by atoms with van der Waals surface area (Å²) >= 11 is 0. The third kappa shape index (κ3) is 4.31. The number of H-pyrrole nitrogens is 1. The number of aromatic nitrogens is 4. The van der Waals surface area contributed by atoms with E-state index >= 15 is 0 Å². The molecular formula is C18H30N6O4S. The lowest BCUT2D eigenvalue weighted by Gasteiger charge is -2.33. The van der Waals surface area contributed by atoms with Crippen molar-refractivity contribution in [2.24, 2.45) is 0 Å². The molecule has 3 heterocycles. The van der Waals surface area contributed by atoms with E-state index in [1.165, 1.54) is 4.31 Å². The highest BCUT2D eigenvalue weighted by Gasteiger charge is 2.27. The Labute approximate surface area is 170 Å². The number of hydrogen-bond donors (Lipinski definition) is 1. The minimum atomic E-state index is -3.17. The number of imidazole rings is 1. The Balaban J connectivity index is 1.90. The van der Waals surface area contributed by atoms with E-state index in [-0.39, 0.29) is 5.75 Å². The average molecular weight is 427 g/mol. The van der Waals surface area contributed by atoms with Gasteiger partial charge in [0.1, 0.15) is 5.82 Å². The van der Waals surface area contributed by atoms with E-state index in [1.807, 2.05) is 18.4 Å². The Morgan fingerprint density at radius 3 is 2.31 bits per heavy atom. The van der Waals surface area contributed by atoms with Crippen LogP contribution in [0.3, 0.4) is 0 Å². The molecular weight excluding hydrogens is 396 g/mol. The van der Waals surface area contributed by atoms with Gasteiger partial charge in [0, 0.05) is 39.3 Å². The van der Waals surface area contributed by atoms with Gasteiger partial charge in [0.15, 0.2) is 11.2 Å². The van der Waals surface area contributed by atoms with Crippen LogP contribution in [0.4, 0.5) is 0 Å². The van der Waals surface area contributed by atoms with Crippen LogP contribution in [0.1, 0.15) is 39.4 Å². The second-order valence-corrected chi connectivity index (χ2v) is 9.54. The van der Waals surface area contributed by atoms with Gasteiger partial charge >= 0.3 is 5.69 Å². The van der Waals surface area contributed by atoms with Gasteiger partial charge in [-0.2, -0.15) is 4.31 Å². The lowest BCUT2D eigenvalue weighted by Crippen LogP contribution is -2.48. The number of fused-ring (bicyclic) bond motifs is 1. The number of unbranched alkanes of at least 4 members (excludes halogenated alkanes) is 1. The smallest absolute Gasteiger partial charge is 0.321 e. The lowest BCUT2D eigenvalue weighted by molar-refractivity contribution is 0.176. The van der Waals surface area contributed by atoms with Gasteiger partial charge in [-0.1, -0.05) is 13.3 Å². The van der Waals surface area contributed by atoms with Crippen molar-refractivity contribution in [1.29, 1.82) is 0 Å². The number of rotatable bonds is 8. The molecule has 1 aliphatic heterocycles. The van der Waals surface area contributed by atoms with E-state index in [0.717, 1.165) is 18.7 Å². The zero-order chi connectivity index (χ0) is 21.2. The predicted molar refractivity (Wildman–Crippen MR) is 112 cm³/mol. The number of aryl methyl sites for hydroxylation is 2. The number of piperazine rings is 1. The maximum Gasteiger partial charge on any atom is 0.330 e. The molecule has 0 spiro atoms. The van der Waals surface area contributed by atoms with Gasteiger partial charge in [-0.3, -0.25) is 19.2 Å². The quantitative estimate of drug-likeness (QED) is 0.644. The van der Waals surface area contributed by atoms with Crippen molar-refractivity contribution in [3.05, 3.63) is 26.7 Å². The third-order valence-electron chi connectivity index (χ3n) is 5.47. The normalized spacial score (nSPS) is 16.7. The first-order chi connectivity index (χ1) is 13.8. The molecule has 0 radical (unpaired) electrons. The maximum absolute atomic E-state index is 12.5. The molecule has 2 aromatic heterocycles. The van der Waals surface area contributed by atoms with E-state index in [0.29, 0.717) is 57.0 Å². The molecule has 11 heteroatoms. The van der Waals surface area contributed by atoms with Gasteiger partial charge in [-0.25, -0.2) is 18.2 Å². The highest BCUT2D eigenvalue weighted by molar-refractivity contribution is 7.89. The monoisotopic (exact) mass is 426 g/mol. The number of hydrogen-bond acceptors (Lipinski definition) is 6. The molecule has 2 aromatic rings. The fourth-order valence-corrected chi connectivity index (χ4v) is 4.84. The summed E-state index contributed by atoms with van der Waals surface area (Å²) in [7, 11) is -3.17. The van der Waals surface area contributed by atoms with Gasteiger partial charge in [-0.05, 0) is 20.3 Å². The molecule has 10 nitrogen and oxygen atoms in total. The van der Waals surface area contributed by atoms with E-state index < -0.39 is 21.3 Å². The van der Waals surface area contributed by atoms with Crippen LogP contribution in [0.5, 0.6) is 0 Å². The molecule has 1 N–H and O–H groups in total. The summed E-state index contributed by atoms with van der Waals surface area (Å²) in [6, 6.07) is 0. The minimum Gasteiger partial charge on any atom is -0.321 e. The van der Waals surface area contributed by atoms with Crippen molar-refractivity contribution < 1.29 is 8.42 Å². The van der Waals surface area contributed by atoms with Crippen LogP contribution in [0.25, 0.3) is 11.2 Å². The maximum atomic E-state index is 12.5. The Morgan fingerprint density at radius 2 is 1.72 bits per heavy atom. The van der Waals surface area contributed by atoms with Gasteiger partial charge < -0.3 is 4.57 Å². The van der Waals surface area contributed by atoms with Crippen LogP contribution < -0.4 is 11.2 Å². The second kappa shape index (κ2) is 8.80. The Kier molecular flexibility index (Phi) is 6.59. The Hall–Kier alpha value is -1.98. The first-order valence-corrected chi connectivity index (χ1v) is 11.9. The molecule has 3 rings (SSSR count). The molecule has 1 fully saturated rings. The van der Waals surface area contributed by atoms with Crippen molar-refractivity contribution in [3.63, 3.8) is 0 Å². The van der Waals surface area contributed by atoms with E-state index in [2.05, 4.69) is 14.9 Å². The number of aromatic amines is 1. The number of sulfonamides is 1. The van der Waals surface area contributed by atoms with Crippen molar-refractivity contribution in [2.75, 3.05) is 31.9 Å². The summed E-state index contributed by atoms with van der Waals surface area (Å²) in [5.74, 6) is 0.826. The zero-order valence-electron chi connectivity index (χ0n) is 17.3. The van der Waals surface area contributed by atoms with Crippen LogP contribution in [0, 0.1) is 0 Å². The Bertz CT molecular complexity index is 1080. The average Bonchev–Trinajstić information content (AvgIpc) is 3.06. The van der Waals surface area contributed by atoms with Gasteiger partial charge in [0.05, 0.1) is 12.3 Å². The lowest BCUT2D eigenvalue weighted by atomic mass is 10.3. The molecule has 0 bridgehead atoms. The fourth-order valence-electron chi connectivity index (χ4n) is 3.75. The fraction of sp³-hybridized carbons (Fsp3) is 0.722. The predicted octanol–water partition coefficient (Wildman–Crippen LogP) is 0.174. The summed E-state index contributed by atoms with van der Waals surface area (Å²) in [6.07, 6.45) is 1.75. The summed E-state index contributed by atoms with van der Waals surface area (Å²) in [4.78, 5) is 34.0. The molecule has 0 unspecified atom stereocenters. The standard InChI is InChI=1S/C18H30N6O4S/c1-4-7-8-24-16-15(17(25)20-18(24)26)23(5-2)14(19-16)13-21-9-11-22(12-10-21)29(27,28)6-3/h4-13H2,1-3H3,(H,20,25,26). The van der Waals surface area contributed by atoms with Crippen molar-refractivity contribution in [1.82, 2.24) is 28.3 Å². The summed E-state index contributed by atoms with van der Waals surface area (Å²) < 4.78 is 29.0. The van der Waals surface area contributed by atoms with Crippen LogP contribution in [-0.2, 0) is 29.7 Å². The van der Waals surface area contributed by atoms with Gasteiger partial charge in [-0.15, -0.1) is 0 Å². The van der Waals surface area contributed by atoms with Crippen LogP contribution >= 0.6 is 0 Å². The highest BCUT2D eigenvalue weighted by Crippen LogP contribution is 2.16. The van der Waals surface area contributed by atoms with Crippen LogP contribution in [0.2, 0.25) is 0 Å². The van der Waals surface area contributed by atoms with Crippen molar-refractivity contribution in [2.45, 2.75) is 53.2 Å². The Morgan fingerprint density at radius 1 is 1.03 bits per heavy atom. The molecule has 0 aromatic carbocycles. The molecule has 0 amide bonds. The highest BCUT2D eigenvalue weighted by atomic mass is 32.2. The zero-order valence-corrected chi connectivity index (χ0v) is 18.2. The summed E-state index contributed by atoms with van der Waals surface area (Å²) in [5, 5.41) is 0. The summed E-state index contributed by atoms with van der Waals surface area (Å²) in [6.45, 7) is 9.32. The molecule has 1 saturated heterocycles. The molecule has 1 aliphatic rings. The SMILES string of the molecule is CCCCn1c(=O)[nH]c(=O)c2c1nc(CN1CCN(S(=O)(=O)CC)CC1)n2CC. The van der Waals surface area contributed by atoms with Gasteiger partial charge in [0.25, 0.3) is 5.56 Å². The first kappa shape index (κ1) is 21.7. The number of nitrogens with one attached hydrogen (secondary N) is 1. The number of nitrogens with zero attached hydrogens (tertiary/aromatic N) is 5. The molecule has 29 heavy (non-hydrogen) atoms.